The van der Waals surface area contributed by atoms with Crippen LogP contribution in [0.3, 0.4) is 0 Å². The third-order valence-corrected chi connectivity index (χ3v) is 14.5. The van der Waals surface area contributed by atoms with Gasteiger partial charge >= 0.3 is 0 Å². The Morgan fingerprint density at radius 1 is 0.404 bits per heavy atom. The quantitative estimate of drug-likeness (QED) is 0.159. The molecule has 0 fully saturated rings. The van der Waals surface area contributed by atoms with Gasteiger partial charge in [-0.25, -0.2) is 0 Å². The fourth-order valence-corrected chi connectivity index (χ4v) is 11.1. The van der Waals surface area contributed by atoms with E-state index in [1.54, 1.807) is 0 Å². The van der Waals surface area contributed by atoms with Crippen molar-refractivity contribution in [3.05, 3.63) is 169 Å². The summed E-state index contributed by atoms with van der Waals surface area (Å²) in [4.78, 5) is 0. The first-order chi connectivity index (χ1) is 28.1. The number of aryl methyl sites for hydroxylation is 1. The van der Waals surface area contributed by atoms with Gasteiger partial charge in [0.25, 0.3) is 0 Å². The van der Waals surface area contributed by atoms with Crippen molar-refractivity contribution in [2.45, 2.75) is 26.3 Å². The van der Waals surface area contributed by atoms with Crippen LogP contribution in [-0.2, 0) is 6.42 Å². The Morgan fingerprint density at radius 2 is 0.825 bits per heavy atom. The zero-order chi connectivity index (χ0) is 37.8. The Hall–Kier alpha value is -6.82. The van der Waals surface area contributed by atoms with Gasteiger partial charge in [0.15, 0.2) is 0 Å². The minimum absolute atomic E-state index is 0.906. The lowest BCUT2D eigenvalue weighted by atomic mass is 10.1. The van der Waals surface area contributed by atoms with E-state index in [9.17, 15) is 0 Å². The molecule has 0 atom stereocenters. The van der Waals surface area contributed by atoms with Crippen molar-refractivity contribution in [3.8, 4) is 11.4 Å². The molecule has 0 spiro atoms. The lowest BCUT2D eigenvalue weighted by molar-refractivity contribution is 0.668. The highest BCUT2D eigenvalue weighted by molar-refractivity contribution is 6.84. The molecule has 0 amide bonds. The Balaban J connectivity index is 0.958. The van der Waals surface area contributed by atoms with Gasteiger partial charge in [-0.3, -0.25) is 0 Å². The highest BCUT2D eigenvalue weighted by Gasteiger charge is 2.20. The minimum Gasteiger partial charge on any atom is -0.456 e. The molecule has 4 nitrogen and oxygen atoms in total. The van der Waals surface area contributed by atoms with Crippen LogP contribution in [0.1, 0.15) is 18.9 Å². The van der Waals surface area contributed by atoms with Crippen LogP contribution >= 0.6 is 0 Å². The van der Waals surface area contributed by atoms with Crippen LogP contribution in [0.25, 0.3) is 98.9 Å². The highest BCUT2D eigenvalue weighted by Crippen LogP contribution is 2.37. The maximum atomic E-state index is 6.46. The van der Waals surface area contributed by atoms with Crippen LogP contribution < -0.4 is 10.4 Å². The fourth-order valence-electron chi connectivity index (χ4n) is 9.39. The van der Waals surface area contributed by atoms with Gasteiger partial charge < -0.3 is 18.0 Å². The number of para-hydroxylation sites is 3. The summed E-state index contributed by atoms with van der Waals surface area (Å²) in [5.74, 6) is 0. The van der Waals surface area contributed by atoms with E-state index in [0.29, 0.717) is 0 Å². The predicted molar refractivity (Wildman–Crippen MR) is 241 cm³/mol. The molecule has 0 aliphatic heterocycles. The summed E-state index contributed by atoms with van der Waals surface area (Å²) in [7, 11) is -1.14. The number of nitrogens with zero attached hydrogens (tertiary/aromatic N) is 2. The van der Waals surface area contributed by atoms with Gasteiger partial charge in [0.1, 0.15) is 31.1 Å². The van der Waals surface area contributed by atoms with Crippen molar-refractivity contribution >= 4 is 107 Å². The van der Waals surface area contributed by atoms with Crippen LogP contribution in [-0.4, -0.2) is 17.9 Å². The molecular weight excluding hydrogens is 713 g/mol. The Kier molecular flexibility index (Phi) is 7.02. The average Bonchev–Trinajstić information content (AvgIpc) is 4.00. The Morgan fingerprint density at radius 3 is 1.32 bits per heavy atom. The molecular formula is C52H37N2O2Si. The van der Waals surface area contributed by atoms with Gasteiger partial charge in [0.2, 0.25) is 0 Å². The lowest BCUT2D eigenvalue weighted by Gasteiger charge is -2.11. The molecule has 0 aliphatic carbocycles. The molecule has 0 bridgehead atoms. The molecule has 12 rings (SSSR count). The predicted octanol–water partition coefficient (Wildman–Crippen LogP) is 12.9. The summed E-state index contributed by atoms with van der Waals surface area (Å²) in [6.45, 7) is 4.65. The maximum absolute atomic E-state index is 6.46. The van der Waals surface area contributed by atoms with E-state index in [1.807, 2.05) is 0 Å². The fraction of sp³-hybridized carbons (Fsp3) is 0.0769. The van der Waals surface area contributed by atoms with Crippen LogP contribution in [0, 0.1) is 0 Å². The van der Waals surface area contributed by atoms with Gasteiger partial charge in [-0.15, -0.1) is 0 Å². The molecule has 8 aromatic carbocycles. The van der Waals surface area contributed by atoms with Crippen molar-refractivity contribution in [1.29, 1.82) is 0 Å². The molecule has 4 heterocycles. The molecule has 0 unspecified atom stereocenters. The summed E-state index contributed by atoms with van der Waals surface area (Å²) in [6, 6.07) is 60.0. The van der Waals surface area contributed by atoms with Gasteiger partial charge in [-0.2, -0.15) is 0 Å². The van der Waals surface area contributed by atoms with Gasteiger partial charge in [0.05, 0.1) is 22.1 Å². The number of aromatic nitrogens is 2. The van der Waals surface area contributed by atoms with Crippen LogP contribution in [0.5, 0.6) is 0 Å². The molecule has 0 saturated carbocycles. The number of rotatable bonds is 6. The number of fused-ring (bicyclic) bond motifs is 12. The smallest absolute Gasteiger partial charge is 0.135 e. The van der Waals surface area contributed by atoms with Crippen LogP contribution in [0.15, 0.2) is 173 Å². The average molecular weight is 750 g/mol. The van der Waals surface area contributed by atoms with Crippen molar-refractivity contribution < 1.29 is 8.83 Å². The van der Waals surface area contributed by atoms with Crippen molar-refractivity contribution in [3.63, 3.8) is 0 Å². The first kappa shape index (κ1) is 32.4. The lowest BCUT2D eigenvalue weighted by Crippen LogP contribution is -2.38. The third-order valence-electron chi connectivity index (χ3n) is 12.1. The SMILES string of the molecule is CCCc1ccc2c(c1)c1ccccc1n2-c1ccc2oc3ccc([Si](C)c4ccc5oc6ccc(-n7c8ccccc8c8ccccc87)cc6c5c4)cc3c2c1. The van der Waals surface area contributed by atoms with E-state index in [-0.39, 0.29) is 0 Å². The van der Waals surface area contributed by atoms with E-state index in [4.69, 9.17) is 8.83 Å². The molecule has 12 aromatic rings. The Labute approximate surface area is 330 Å². The number of hydrogen-bond donors (Lipinski definition) is 0. The second kappa shape index (κ2) is 12.3. The molecule has 5 heteroatoms. The van der Waals surface area contributed by atoms with E-state index in [0.717, 1.165) is 68.1 Å². The van der Waals surface area contributed by atoms with E-state index < -0.39 is 8.80 Å². The summed E-state index contributed by atoms with van der Waals surface area (Å²) in [5, 5.41) is 12.4. The molecule has 0 N–H and O–H groups in total. The topological polar surface area (TPSA) is 36.1 Å². The molecule has 271 valence electrons. The summed E-state index contributed by atoms with van der Waals surface area (Å²) in [6.07, 6.45) is 2.22. The second-order valence-corrected chi connectivity index (χ2v) is 17.8. The normalized spacial score (nSPS) is 12.3. The van der Waals surface area contributed by atoms with Crippen LogP contribution in [0.4, 0.5) is 0 Å². The van der Waals surface area contributed by atoms with E-state index in [2.05, 4.69) is 186 Å². The maximum Gasteiger partial charge on any atom is 0.135 e. The highest BCUT2D eigenvalue weighted by atomic mass is 28.3. The zero-order valence-corrected chi connectivity index (χ0v) is 32.7. The zero-order valence-electron chi connectivity index (χ0n) is 31.7. The molecule has 57 heavy (non-hydrogen) atoms. The molecule has 1 radical (unpaired) electrons. The van der Waals surface area contributed by atoms with Gasteiger partial charge in [0, 0.05) is 54.5 Å². The van der Waals surface area contributed by atoms with Crippen molar-refractivity contribution in [2.24, 2.45) is 0 Å². The van der Waals surface area contributed by atoms with Crippen LogP contribution in [0.2, 0.25) is 6.55 Å². The largest absolute Gasteiger partial charge is 0.456 e. The van der Waals surface area contributed by atoms with E-state index in [1.165, 1.54) is 59.5 Å². The minimum atomic E-state index is -1.14. The summed E-state index contributed by atoms with van der Waals surface area (Å²) < 4.78 is 17.7. The monoisotopic (exact) mass is 749 g/mol. The third kappa shape index (κ3) is 4.85. The number of hydrogen-bond acceptors (Lipinski definition) is 2. The van der Waals surface area contributed by atoms with Crippen molar-refractivity contribution in [1.82, 2.24) is 9.13 Å². The second-order valence-electron chi connectivity index (χ2n) is 15.4. The van der Waals surface area contributed by atoms with E-state index >= 15 is 0 Å². The number of benzene rings is 8. The molecule has 0 saturated heterocycles. The first-order valence-corrected chi connectivity index (χ1v) is 21.9. The Bertz CT molecular complexity index is 3530. The molecule has 0 aliphatic rings. The first-order valence-electron chi connectivity index (χ1n) is 19.9. The molecule has 4 aromatic heterocycles. The number of furan rings is 2. The standard InChI is InChI=1S/C52H37N2O2Si/c1-3-10-32-17-22-48-40(27-32)39-13-6-9-16-47(39)54(48)34-19-24-50-42(29-34)44-31-36(21-26-52(44)56-50)57(2)35-20-25-51-43(30-35)41-28-33(18-23-49(41)55-51)53-45-14-7-4-11-37(45)38-12-5-8-15-46(38)53/h4-9,11-31H,3,10H2,1-2H3. The summed E-state index contributed by atoms with van der Waals surface area (Å²) >= 11 is 0. The van der Waals surface area contributed by atoms with Crippen molar-refractivity contribution in [2.75, 3.05) is 0 Å². The summed E-state index contributed by atoms with van der Waals surface area (Å²) in [5.41, 5.74) is 12.2. The van der Waals surface area contributed by atoms with Gasteiger partial charge in [-0.05, 0) is 90.8 Å². The van der Waals surface area contributed by atoms with Gasteiger partial charge in [-0.1, -0.05) is 115 Å².